The molecular weight excluding hydrogens is 566 g/mol. The molecule has 0 aliphatic heterocycles. The number of hydrogen-bond acceptors (Lipinski definition) is 3. The fourth-order valence-electron chi connectivity index (χ4n) is 2.79. The molecule has 2 amide bonds. The predicted molar refractivity (Wildman–Crippen MR) is 133 cm³/mol. The molecule has 0 spiro atoms. The number of benzene rings is 3. The van der Waals surface area contributed by atoms with Crippen molar-refractivity contribution in [1.29, 1.82) is 0 Å². The molecule has 3 aromatic carbocycles. The quantitative estimate of drug-likeness (QED) is 0.261. The van der Waals surface area contributed by atoms with Gasteiger partial charge in [-0.3, -0.25) is 14.9 Å². The van der Waals surface area contributed by atoms with E-state index in [2.05, 4.69) is 38.5 Å². The number of aryl methyl sites for hydroxylation is 1. The minimum atomic E-state index is -4.51. The first-order chi connectivity index (χ1) is 15.5. The van der Waals surface area contributed by atoms with Crippen molar-refractivity contribution in [2.45, 2.75) is 13.1 Å². The van der Waals surface area contributed by atoms with Gasteiger partial charge in [-0.05, 0) is 95.8 Å². The second kappa shape index (κ2) is 10.3. The molecule has 10 heteroatoms. The molecule has 0 fully saturated rings. The van der Waals surface area contributed by atoms with Crippen molar-refractivity contribution in [3.63, 3.8) is 0 Å². The standard InChI is InChI=1S/C23H17F3IN3O2S/c1-13-8-9-15(11-19(13)27)21(32)30-22(33)29-17-6-2-4-14(10-17)20(31)28-18-7-3-5-16(12-18)23(24,25)26/h2-12H,1H3,(H,28,31)(H2,29,30,32,33). The van der Waals surface area contributed by atoms with E-state index in [0.29, 0.717) is 11.3 Å². The van der Waals surface area contributed by atoms with Gasteiger partial charge in [-0.25, -0.2) is 0 Å². The smallest absolute Gasteiger partial charge is 0.332 e. The van der Waals surface area contributed by atoms with Gasteiger partial charge in [-0.15, -0.1) is 0 Å². The molecule has 3 rings (SSSR count). The molecule has 0 aliphatic carbocycles. The molecule has 0 radical (unpaired) electrons. The highest BCUT2D eigenvalue weighted by molar-refractivity contribution is 14.1. The maximum absolute atomic E-state index is 12.9. The molecule has 3 N–H and O–H groups in total. The maximum Gasteiger partial charge on any atom is 0.416 e. The third-order valence-electron chi connectivity index (χ3n) is 4.49. The first-order valence-electron chi connectivity index (χ1n) is 9.50. The van der Waals surface area contributed by atoms with Crippen LogP contribution in [0.15, 0.2) is 66.7 Å². The summed E-state index contributed by atoms with van der Waals surface area (Å²) in [6.45, 7) is 1.94. The summed E-state index contributed by atoms with van der Waals surface area (Å²) in [5.41, 5.74) is 1.27. The monoisotopic (exact) mass is 583 g/mol. The molecule has 0 aromatic heterocycles. The van der Waals surface area contributed by atoms with Gasteiger partial charge >= 0.3 is 6.18 Å². The van der Waals surface area contributed by atoms with Gasteiger partial charge in [-0.2, -0.15) is 13.2 Å². The van der Waals surface area contributed by atoms with Gasteiger partial charge in [0, 0.05) is 26.1 Å². The molecule has 0 unspecified atom stereocenters. The number of hydrogen-bond donors (Lipinski definition) is 3. The van der Waals surface area contributed by atoms with Crippen molar-refractivity contribution in [1.82, 2.24) is 5.32 Å². The highest BCUT2D eigenvalue weighted by Crippen LogP contribution is 2.30. The van der Waals surface area contributed by atoms with E-state index >= 15 is 0 Å². The highest BCUT2D eigenvalue weighted by Gasteiger charge is 2.30. The molecular formula is C23H17F3IN3O2S. The zero-order chi connectivity index (χ0) is 24.2. The first-order valence-corrected chi connectivity index (χ1v) is 11.0. The van der Waals surface area contributed by atoms with E-state index in [1.165, 1.54) is 24.3 Å². The van der Waals surface area contributed by atoms with Gasteiger partial charge < -0.3 is 10.6 Å². The summed E-state index contributed by atoms with van der Waals surface area (Å²) in [6, 6.07) is 15.8. The van der Waals surface area contributed by atoms with Crippen LogP contribution in [-0.4, -0.2) is 16.9 Å². The van der Waals surface area contributed by atoms with Crippen LogP contribution in [0, 0.1) is 10.5 Å². The lowest BCUT2D eigenvalue weighted by molar-refractivity contribution is -0.137. The summed E-state index contributed by atoms with van der Waals surface area (Å²) >= 11 is 7.32. The van der Waals surface area contributed by atoms with Crippen molar-refractivity contribution in [3.8, 4) is 0 Å². The van der Waals surface area contributed by atoms with Crippen LogP contribution in [0.4, 0.5) is 24.5 Å². The van der Waals surface area contributed by atoms with E-state index in [0.717, 1.165) is 21.3 Å². The highest BCUT2D eigenvalue weighted by atomic mass is 127. The minimum absolute atomic E-state index is 0.0173. The molecule has 0 saturated carbocycles. The van der Waals surface area contributed by atoms with E-state index in [1.54, 1.807) is 24.3 Å². The largest absolute Gasteiger partial charge is 0.416 e. The lowest BCUT2D eigenvalue weighted by Crippen LogP contribution is -2.34. The Morgan fingerprint density at radius 2 is 1.48 bits per heavy atom. The number of anilines is 2. The summed E-state index contributed by atoms with van der Waals surface area (Å²) in [5, 5.41) is 7.87. The van der Waals surface area contributed by atoms with Crippen LogP contribution < -0.4 is 16.0 Å². The van der Waals surface area contributed by atoms with Crippen LogP contribution in [0.2, 0.25) is 0 Å². The minimum Gasteiger partial charge on any atom is -0.332 e. The number of nitrogens with one attached hydrogen (secondary N) is 3. The van der Waals surface area contributed by atoms with Gasteiger partial charge in [0.15, 0.2) is 5.11 Å². The van der Waals surface area contributed by atoms with E-state index in [-0.39, 0.29) is 22.3 Å². The number of thiocarbonyl (C=S) groups is 1. The topological polar surface area (TPSA) is 70.2 Å². The number of halogens is 4. The van der Waals surface area contributed by atoms with Crippen molar-refractivity contribution in [2.24, 2.45) is 0 Å². The maximum atomic E-state index is 12.9. The number of carbonyl (C=O) groups is 2. The molecule has 3 aromatic rings. The zero-order valence-electron chi connectivity index (χ0n) is 17.1. The Morgan fingerprint density at radius 3 is 2.15 bits per heavy atom. The Bertz CT molecular complexity index is 1230. The lowest BCUT2D eigenvalue weighted by Gasteiger charge is -2.12. The van der Waals surface area contributed by atoms with Crippen LogP contribution in [0.5, 0.6) is 0 Å². The Balaban J connectivity index is 1.65. The summed E-state index contributed by atoms with van der Waals surface area (Å²) < 4.78 is 39.6. The second-order valence-electron chi connectivity index (χ2n) is 6.99. The van der Waals surface area contributed by atoms with Crippen LogP contribution >= 0.6 is 34.8 Å². The molecule has 0 bridgehead atoms. The Morgan fingerprint density at radius 1 is 0.848 bits per heavy atom. The number of alkyl halides is 3. The second-order valence-corrected chi connectivity index (χ2v) is 8.56. The fourth-order valence-corrected chi connectivity index (χ4v) is 3.51. The fraction of sp³-hybridized carbons (Fsp3) is 0.0870. The van der Waals surface area contributed by atoms with Crippen LogP contribution in [-0.2, 0) is 6.18 Å². The van der Waals surface area contributed by atoms with Gasteiger partial charge in [-0.1, -0.05) is 18.2 Å². The van der Waals surface area contributed by atoms with Crippen LogP contribution in [0.25, 0.3) is 0 Å². The van der Waals surface area contributed by atoms with Crippen LogP contribution in [0.1, 0.15) is 31.8 Å². The molecule has 5 nitrogen and oxygen atoms in total. The Labute approximate surface area is 206 Å². The first kappa shape index (κ1) is 24.6. The average molecular weight is 583 g/mol. The molecule has 33 heavy (non-hydrogen) atoms. The lowest BCUT2D eigenvalue weighted by atomic mass is 10.1. The van der Waals surface area contributed by atoms with Gasteiger partial charge in [0.05, 0.1) is 5.56 Å². The van der Waals surface area contributed by atoms with Crippen molar-refractivity contribution in [2.75, 3.05) is 10.6 Å². The van der Waals surface area contributed by atoms with Crippen molar-refractivity contribution < 1.29 is 22.8 Å². The number of carbonyl (C=O) groups excluding carboxylic acids is 2. The van der Waals surface area contributed by atoms with E-state index in [9.17, 15) is 22.8 Å². The third-order valence-corrected chi connectivity index (χ3v) is 5.86. The molecule has 0 aliphatic rings. The van der Waals surface area contributed by atoms with Crippen LogP contribution in [0.3, 0.4) is 0 Å². The summed E-state index contributed by atoms with van der Waals surface area (Å²) in [7, 11) is 0. The Kier molecular flexibility index (Phi) is 7.69. The van der Waals surface area contributed by atoms with Gasteiger partial charge in [0.1, 0.15) is 0 Å². The van der Waals surface area contributed by atoms with E-state index < -0.39 is 17.6 Å². The average Bonchev–Trinajstić information content (AvgIpc) is 2.75. The van der Waals surface area contributed by atoms with Crippen molar-refractivity contribution >= 4 is 63.1 Å². The SMILES string of the molecule is Cc1ccc(C(=O)NC(=S)Nc2cccc(C(=O)Nc3cccc(C(F)(F)F)c3)c2)cc1I. The van der Waals surface area contributed by atoms with Crippen molar-refractivity contribution in [3.05, 3.63) is 92.6 Å². The molecule has 0 heterocycles. The van der Waals surface area contributed by atoms with Gasteiger partial charge in [0.25, 0.3) is 11.8 Å². The van der Waals surface area contributed by atoms with Gasteiger partial charge in [0.2, 0.25) is 0 Å². The normalized spacial score (nSPS) is 10.9. The summed E-state index contributed by atoms with van der Waals surface area (Å²) in [6.07, 6.45) is -4.51. The van der Waals surface area contributed by atoms with E-state index in [1.807, 2.05) is 13.0 Å². The molecule has 170 valence electrons. The number of rotatable bonds is 4. The Hall–Kier alpha value is -2.99. The predicted octanol–water partition coefficient (Wildman–Crippen LogP) is 6.00. The third kappa shape index (κ3) is 6.75. The zero-order valence-corrected chi connectivity index (χ0v) is 20.1. The number of amides is 2. The molecule has 0 atom stereocenters. The summed E-state index contributed by atoms with van der Waals surface area (Å²) in [4.78, 5) is 24.9. The van der Waals surface area contributed by atoms with E-state index in [4.69, 9.17) is 12.2 Å². The summed E-state index contributed by atoms with van der Waals surface area (Å²) in [5.74, 6) is -0.981. The molecule has 0 saturated heterocycles.